The lowest BCUT2D eigenvalue weighted by Crippen LogP contribution is -2.33. The van der Waals surface area contributed by atoms with E-state index in [1.54, 1.807) is 18.5 Å². The number of anilines is 1. The first-order chi connectivity index (χ1) is 10.4. The summed E-state index contributed by atoms with van der Waals surface area (Å²) in [6.45, 7) is 1.89. The number of nitrogens with one attached hydrogen (secondary N) is 2. The Balaban J connectivity index is 2.18. The molecular weight excluding hydrogens is 322 g/mol. The Bertz CT molecular complexity index is 742. The summed E-state index contributed by atoms with van der Waals surface area (Å²) >= 11 is 1.41. The number of thiophene rings is 1. The first-order valence-corrected chi connectivity index (χ1v) is 9.33. The summed E-state index contributed by atoms with van der Waals surface area (Å²) in [5.41, 5.74) is 1.51. The maximum Gasteiger partial charge on any atom is 0.234 e. The standard InChI is InChI=1S/C14H17N3O3S2/c1-10-5-6-15-9-12(10)17-14(18)11(8-16-22(2,19)20)13-4-3-7-21-13/h3-7,9,11,16H,8H2,1-2H3,(H,17,18)/t11-/m1/s1. The van der Waals surface area contributed by atoms with Crippen LogP contribution in [0.15, 0.2) is 36.0 Å². The normalized spacial score (nSPS) is 12.8. The molecule has 0 aliphatic carbocycles. The van der Waals surface area contributed by atoms with E-state index in [1.807, 2.05) is 24.4 Å². The minimum Gasteiger partial charge on any atom is -0.324 e. The number of aryl methyl sites for hydroxylation is 1. The molecule has 0 spiro atoms. The third kappa shape index (κ3) is 4.62. The van der Waals surface area contributed by atoms with E-state index in [-0.39, 0.29) is 12.5 Å². The van der Waals surface area contributed by atoms with Crippen molar-refractivity contribution in [1.82, 2.24) is 9.71 Å². The summed E-state index contributed by atoms with van der Waals surface area (Å²) in [6, 6.07) is 5.44. The minimum atomic E-state index is -3.36. The molecule has 2 rings (SSSR count). The second-order valence-electron chi connectivity index (χ2n) is 4.87. The van der Waals surface area contributed by atoms with Gasteiger partial charge in [0.25, 0.3) is 0 Å². The fourth-order valence-corrected chi connectivity index (χ4v) is 3.16. The molecule has 0 bridgehead atoms. The average molecular weight is 339 g/mol. The van der Waals surface area contributed by atoms with Gasteiger partial charge in [0.1, 0.15) is 0 Å². The van der Waals surface area contributed by atoms with Crippen LogP contribution >= 0.6 is 11.3 Å². The Hall–Kier alpha value is -1.77. The highest BCUT2D eigenvalue weighted by Crippen LogP contribution is 2.23. The molecule has 6 nitrogen and oxygen atoms in total. The van der Waals surface area contributed by atoms with Crippen molar-refractivity contribution in [2.45, 2.75) is 12.8 Å². The topological polar surface area (TPSA) is 88.2 Å². The summed E-state index contributed by atoms with van der Waals surface area (Å²) in [5.74, 6) is -0.857. The third-order valence-corrected chi connectivity index (χ3v) is 4.73. The highest BCUT2D eigenvalue weighted by atomic mass is 32.2. The molecule has 2 aromatic heterocycles. The minimum absolute atomic E-state index is 0.0183. The van der Waals surface area contributed by atoms with Gasteiger partial charge in [-0.2, -0.15) is 0 Å². The molecule has 0 unspecified atom stereocenters. The fraction of sp³-hybridized carbons (Fsp3) is 0.286. The molecule has 0 radical (unpaired) electrons. The third-order valence-electron chi connectivity index (χ3n) is 3.05. The lowest BCUT2D eigenvalue weighted by atomic mass is 10.1. The van der Waals surface area contributed by atoms with E-state index >= 15 is 0 Å². The smallest absolute Gasteiger partial charge is 0.234 e. The number of carbonyl (C=O) groups excluding carboxylic acids is 1. The zero-order valence-corrected chi connectivity index (χ0v) is 13.9. The van der Waals surface area contributed by atoms with Crippen LogP contribution in [0.2, 0.25) is 0 Å². The molecule has 0 aliphatic rings. The fourth-order valence-electron chi connectivity index (χ4n) is 1.86. The lowest BCUT2D eigenvalue weighted by Gasteiger charge is -2.16. The zero-order chi connectivity index (χ0) is 16.2. The van der Waals surface area contributed by atoms with Crippen molar-refractivity contribution in [1.29, 1.82) is 0 Å². The van der Waals surface area contributed by atoms with Crippen molar-refractivity contribution >= 4 is 33.0 Å². The van der Waals surface area contributed by atoms with Gasteiger partial charge in [-0.15, -0.1) is 11.3 Å². The maximum atomic E-state index is 12.5. The Morgan fingerprint density at radius 2 is 2.18 bits per heavy atom. The van der Waals surface area contributed by atoms with Gasteiger partial charge in [-0.25, -0.2) is 13.1 Å². The molecule has 0 aliphatic heterocycles. The van der Waals surface area contributed by atoms with Crippen molar-refractivity contribution < 1.29 is 13.2 Å². The largest absolute Gasteiger partial charge is 0.324 e. The van der Waals surface area contributed by atoms with Gasteiger partial charge in [0, 0.05) is 17.6 Å². The van der Waals surface area contributed by atoms with Gasteiger partial charge < -0.3 is 5.32 Å². The molecule has 1 amide bonds. The average Bonchev–Trinajstić information content (AvgIpc) is 2.94. The lowest BCUT2D eigenvalue weighted by molar-refractivity contribution is -0.117. The monoisotopic (exact) mass is 339 g/mol. The van der Waals surface area contributed by atoms with Gasteiger partial charge in [0.05, 0.1) is 24.1 Å². The molecule has 118 valence electrons. The number of hydrogen-bond acceptors (Lipinski definition) is 5. The second-order valence-corrected chi connectivity index (χ2v) is 7.68. The number of sulfonamides is 1. The van der Waals surface area contributed by atoms with E-state index in [4.69, 9.17) is 0 Å². The van der Waals surface area contributed by atoms with Gasteiger partial charge >= 0.3 is 0 Å². The molecule has 0 aromatic carbocycles. The predicted octanol–water partition coefficient (Wildman–Crippen LogP) is 1.72. The van der Waals surface area contributed by atoms with Crippen LogP contribution in [0.3, 0.4) is 0 Å². The SMILES string of the molecule is Cc1ccncc1NC(=O)[C@H](CNS(C)(=O)=O)c1cccs1. The molecule has 0 saturated carbocycles. The number of carbonyl (C=O) groups is 1. The molecule has 8 heteroatoms. The Kier molecular flexibility index (Phi) is 5.28. The van der Waals surface area contributed by atoms with E-state index in [2.05, 4.69) is 15.0 Å². The van der Waals surface area contributed by atoms with Gasteiger partial charge in [0.15, 0.2) is 0 Å². The van der Waals surface area contributed by atoms with E-state index in [1.165, 1.54) is 11.3 Å². The van der Waals surface area contributed by atoms with E-state index in [0.717, 1.165) is 16.7 Å². The highest BCUT2D eigenvalue weighted by Gasteiger charge is 2.23. The Morgan fingerprint density at radius 1 is 1.41 bits per heavy atom. The Labute approximate surface area is 133 Å². The van der Waals surface area contributed by atoms with Crippen molar-refractivity contribution in [3.8, 4) is 0 Å². The van der Waals surface area contributed by atoms with Gasteiger partial charge in [0.2, 0.25) is 15.9 Å². The number of aromatic nitrogens is 1. The summed E-state index contributed by atoms with van der Waals surface area (Å²) in [7, 11) is -3.36. The number of rotatable bonds is 6. The molecular formula is C14H17N3O3S2. The van der Waals surface area contributed by atoms with Crippen LogP contribution in [0.5, 0.6) is 0 Å². The molecule has 2 heterocycles. The van der Waals surface area contributed by atoms with E-state index < -0.39 is 15.9 Å². The molecule has 0 saturated heterocycles. The van der Waals surface area contributed by atoms with Crippen LogP contribution in [-0.4, -0.2) is 32.1 Å². The summed E-state index contributed by atoms with van der Waals surface area (Å²) in [6.07, 6.45) is 4.29. The van der Waals surface area contributed by atoms with Crippen LogP contribution in [-0.2, 0) is 14.8 Å². The van der Waals surface area contributed by atoms with Gasteiger partial charge in [-0.05, 0) is 30.0 Å². The molecule has 22 heavy (non-hydrogen) atoms. The number of nitrogens with zero attached hydrogens (tertiary/aromatic N) is 1. The predicted molar refractivity (Wildman–Crippen MR) is 87.5 cm³/mol. The van der Waals surface area contributed by atoms with E-state index in [9.17, 15) is 13.2 Å². The van der Waals surface area contributed by atoms with Gasteiger partial charge in [-0.1, -0.05) is 6.07 Å². The molecule has 2 aromatic rings. The summed E-state index contributed by atoms with van der Waals surface area (Å²) in [4.78, 5) is 17.3. The molecule has 0 fully saturated rings. The van der Waals surface area contributed by atoms with Crippen LogP contribution in [0, 0.1) is 6.92 Å². The number of hydrogen-bond donors (Lipinski definition) is 2. The van der Waals surface area contributed by atoms with Gasteiger partial charge in [-0.3, -0.25) is 9.78 Å². The van der Waals surface area contributed by atoms with Crippen LogP contribution in [0.4, 0.5) is 5.69 Å². The first-order valence-electron chi connectivity index (χ1n) is 6.56. The summed E-state index contributed by atoms with van der Waals surface area (Å²) in [5, 5.41) is 4.66. The van der Waals surface area contributed by atoms with Crippen molar-refractivity contribution in [3.05, 3.63) is 46.4 Å². The van der Waals surface area contributed by atoms with Crippen LogP contribution in [0.25, 0.3) is 0 Å². The highest BCUT2D eigenvalue weighted by molar-refractivity contribution is 7.88. The van der Waals surface area contributed by atoms with Crippen LogP contribution < -0.4 is 10.0 Å². The van der Waals surface area contributed by atoms with Crippen molar-refractivity contribution in [3.63, 3.8) is 0 Å². The number of amides is 1. The molecule has 2 N–H and O–H groups in total. The van der Waals surface area contributed by atoms with Crippen LogP contribution in [0.1, 0.15) is 16.4 Å². The first kappa shape index (κ1) is 16.6. The number of pyridine rings is 1. The summed E-state index contributed by atoms with van der Waals surface area (Å²) < 4.78 is 25.0. The maximum absolute atomic E-state index is 12.5. The van der Waals surface area contributed by atoms with E-state index in [0.29, 0.717) is 5.69 Å². The second kappa shape index (κ2) is 6.99. The molecule has 1 atom stereocenters. The zero-order valence-electron chi connectivity index (χ0n) is 12.2. The van der Waals surface area contributed by atoms with Crippen molar-refractivity contribution in [2.24, 2.45) is 0 Å². The quantitative estimate of drug-likeness (QED) is 0.839. The Morgan fingerprint density at radius 3 is 2.77 bits per heavy atom. The van der Waals surface area contributed by atoms with Crippen molar-refractivity contribution in [2.75, 3.05) is 18.1 Å².